The normalized spacial score (nSPS) is 23.9. The van der Waals surface area contributed by atoms with Crippen LogP contribution in [0, 0.1) is 0 Å². The maximum Gasteiger partial charge on any atom is 0.238 e. The van der Waals surface area contributed by atoms with Crippen molar-refractivity contribution in [2.24, 2.45) is 0 Å². The number of rotatable bonds is 3. The largest absolute Gasteiger partial charge is 0.379 e. The second-order valence-corrected chi connectivity index (χ2v) is 6.26. The first-order chi connectivity index (χ1) is 10.1. The van der Waals surface area contributed by atoms with Gasteiger partial charge in [0.15, 0.2) is 0 Å². The highest BCUT2D eigenvalue weighted by Crippen LogP contribution is 2.31. The van der Waals surface area contributed by atoms with Crippen molar-refractivity contribution in [1.29, 1.82) is 0 Å². The van der Waals surface area contributed by atoms with Crippen LogP contribution >= 0.6 is 15.9 Å². The summed E-state index contributed by atoms with van der Waals surface area (Å²) < 4.78 is 6.21. The summed E-state index contributed by atoms with van der Waals surface area (Å²) >= 11 is 3.41. The van der Waals surface area contributed by atoms with Gasteiger partial charge in [-0.05, 0) is 17.7 Å². The van der Waals surface area contributed by atoms with Crippen molar-refractivity contribution in [3.05, 3.63) is 34.3 Å². The molecule has 5 nitrogen and oxygen atoms in total. The molecule has 6 heteroatoms. The van der Waals surface area contributed by atoms with Gasteiger partial charge in [0.1, 0.15) is 0 Å². The average Bonchev–Trinajstić information content (AvgIpc) is 2.76. The number of amides is 2. The number of carbonyl (C=O) groups excluding carboxylic acids is 2. The van der Waals surface area contributed by atoms with Crippen LogP contribution in [0.3, 0.4) is 0 Å². The predicted molar refractivity (Wildman–Crippen MR) is 80.6 cm³/mol. The number of morpholine rings is 1. The van der Waals surface area contributed by atoms with E-state index in [1.165, 1.54) is 4.90 Å². The standard InChI is InChI=1S/C15H17BrN2O3/c16-12-3-1-2-11(8-12)13-9-14(19)18(15(13)20)10-17-4-6-21-7-5-17/h1-3,8,13H,4-7,9-10H2/t13-/m0/s1. The average molecular weight is 353 g/mol. The molecule has 3 rings (SSSR count). The minimum absolute atomic E-state index is 0.0866. The molecule has 2 fully saturated rings. The summed E-state index contributed by atoms with van der Waals surface area (Å²) in [5.41, 5.74) is 0.896. The third-order valence-electron chi connectivity index (χ3n) is 3.94. The highest BCUT2D eigenvalue weighted by Gasteiger charge is 2.40. The number of hydrogen-bond donors (Lipinski definition) is 0. The lowest BCUT2D eigenvalue weighted by atomic mass is 9.98. The van der Waals surface area contributed by atoms with Gasteiger partial charge in [0.2, 0.25) is 11.8 Å². The lowest BCUT2D eigenvalue weighted by Gasteiger charge is -2.29. The molecule has 0 spiro atoms. The Morgan fingerprint density at radius 1 is 1.24 bits per heavy atom. The minimum atomic E-state index is -0.351. The first-order valence-electron chi connectivity index (χ1n) is 7.05. The van der Waals surface area contributed by atoms with Gasteiger partial charge in [0.05, 0.1) is 25.8 Å². The van der Waals surface area contributed by atoms with E-state index in [-0.39, 0.29) is 24.2 Å². The zero-order valence-corrected chi connectivity index (χ0v) is 13.2. The molecule has 0 bridgehead atoms. The fourth-order valence-corrected chi connectivity index (χ4v) is 3.17. The van der Waals surface area contributed by atoms with Gasteiger partial charge in [-0.25, -0.2) is 0 Å². The van der Waals surface area contributed by atoms with Crippen LogP contribution in [0.15, 0.2) is 28.7 Å². The fourth-order valence-electron chi connectivity index (χ4n) is 2.76. The van der Waals surface area contributed by atoms with E-state index in [1.54, 1.807) is 0 Å². The second-order valence-electron chi connectivity index (χ2n) is 5.34. The first kappa shape index (κ1) is 14.7. The quantitative estimate of drug-likeness (QED) is 0.775. The van der Waals surface area contributed by atoms with Gasteiger partial charge >= 0.3 is 0 Å². The summed E-state index contributed by atoms with van der Waals surface area (Å²) in [5.74, 6) is -0.530. The van der Waals surface area contributed by atoms with E-state index in [2.05, 4.69) is 20.8 Å². The number of hydrogen-bond acceptors (Lipinski definition) is 4. The van der Waals surface area contributed by atoms with Crippen LogP contribution < -0.4 is 0 Å². The number of ether oxygens (including phenoxy) is 1. The van der Waals surface area contributed by atoms with Crippen LogP contribution in [0.25, 0.3) is 0 Å². The van der Waals surface area contributed by atoms with Crippen molar-refractivity contribution >= 4 is 27.7 Å². The van der Waals surface area contributed by atoms with Crippen LogP contribution in [0.2, 0.25) is 0 Å². The molecule has 0 N–H and O–H groups in total. The molecule has 1 aromatic rings. The van der Waals surface area contributed by atoms with Crippen molar-refractivity contribution in [3.8, 4) is 0 Å². The Kier molecular flexibility index (Phi) is 4.37. The lowest BCUT2D eigenvalue weighted by molar-refractivity contribution is -0.142. The number of nitrogens with zero attached hydrogens (tertiary/aromatic N) is 2. The zero-order valence-electron chi connectivity index (χ0n) is 11.6. The SMILES string of the molecule is O=C1C[C@@H](c2cccc(Br)c2)C(=O)N1CN1CCOCC1. The molecule has 0 saturated carbocycles. The third-order valence-corrected chi connectivity index (χ3v) is 4.43. The molecule has 0 aromatic heterocycles. The number of benzene rings is 1. The monoisotopic (exact) mass is 352 g/mol. The van der Waals surface area contributed by atoms with Gasteiger partial charge < -0.3 is 4.74 Å². The molecule has 2 saturated heterocycles. The van der Waals surface area contributed by atoms with Crippen LogP contribution in [0.1, 0.15) is 17.9 Å². The summed E-state index contributed by atoms with van der Waals surface area (Å²) in [5, 5.41) is 0. The van der Waals surface area contributed by atoms with Gasteiger partial charge in [0, 0.05) is 24.0 Å². The van der Waals surface area contributed by atoms with E-state index in [0.717, 1.165) is 23.1 Å². The molecule has 1 atom stereocenters. The smallest absolute Gasteiger partial charge is 0.238 e. The predicted octanol–water partition coefficient (Wildman–Crippen LogP) is 1.58. The number of likely N-dealkylation sites (tertiary alicyclic amines) is 1. The maximum atomic E-state index is 12.5. The molecule has 0 unspecified atom stereocenters. The molecule has 112 valence electrons. The summed E-state index contributed by atoms with van der Waals surface area (Å²) in [6, 6.07) is 7.62. The first-order valence-corrected chi connectivity index (χ1v) is 7.84. The zero-order chi connectivity index (χ0) is 14.8. The molecule has 21 heavy (non-hydrogen) atoms. The summed E-state index contributed by atoms with van der Waals surface area (Å²) in [6.45, 7) is 3.22. The van der Waals surface area contributed by atoms with Crippen LogP contribution in [-0.4, -0.2) is 54.6 Å². The number of imide groups is 1. The minimum Gasteiger partial charge on any atom is -0.379 e. The Labute approximate surface area is 132 Å². The molecule has 0 aliphatic carbocycles. The Morgan fingerprint density at radius 3 is 2.71 bits per heavy atom. The van der Waals surface area contributed by atoms with Crippen molar-refractivity contribution in [1.82, 2.24) is 9.80 Å². The Morgan fingerprint density at radius 2 is 2.00 bits per heavy atom. The third kappa shape index (κ3) is 3.17. The Bertz CT molecular complexity index is 558. The Balaban J connectivity index is 1.72. The molecular weight excluding hydrogens is 336 g/mol. The molecule has 2 amide bonds. The van der Waals surface area contributed by atoms with Gasteiger partial charge in [-0.2, -0.15) is 0 Å². The highest BCUT2D eigenvalue weighted by molar-refractivity contribution is 9.10. The maximum absolute atomic E-state index is 12.5. The molecule has 0 radical (unpaired) electrons. The fraction of sp³-hybridized carbons (Fsp3) is 0.467. The van der Waals surface area contributed by atoms with Crippen molar-refractivity contribution < 1.29 is 14.3 Å². The molecule has 2 aliphatic rings. The van der Waals surface area contributed by atoms with Gasteiger partial charge in [-0.1, -0.05) is 28.1 Å². The number of halogens is 1. The van der Waals surface area contributed by atoms with Gasteiger partial charge in [0.25, 0.3) is 0 Å². The lowest BCUT2D eigenvalue weighted by Crippen LogP contribution is -2.46. The van der Waals surface area contributed by atoms with E-state index in [1.807, 2.05) is 24.3 Å². The molecule has 2 heterocycles. The van der Waals surface area contributed by atoms with Crippen molar-refractivity contribution in [2.75, 3.05) is 33.0 Å². The molecule has 2 aliphatic heterocycles. The summed E-state index contributed by atoms with van der Waals surface area (Å²) in [4.78, 5) is 28.2. The van der Waals surface area contributed by atoms with Crippen molar-refractivity contribution in [3.63, 3.8) is 0 Å². The van der Waals surface area contributed by atoms with E-state index in [0.29, 0.717) is 19.9 Å². The van der Waals surface area contributed by atoms with Crippen LogP contribution in [-0.2, 0) is 14.3 Å². The van der Waals surface area contributed by atoms with E-state index >= 15 is 0 Å². The Hall–Kier alpha value is -1.24. The highest BCUT2D eigenvalue weighted by atomic mass is 79.9. The summed E-state index contributed by atoms with van der Waals surface area (Å²) in [6.07, 6.45) is 0.264. The molecular formula is C15H17BrN2O3. The number of carbonyl (C=O) groups is 2. The van der Waals surface area contributed by atoms with E-state index in [4.69, 9.17) is 4.74 Å². The second kappa shape index (κ2) is 6.25. The topological polar surface area (TPSA) is 49.9 Å². The van der Waals surface area contributed by atoms with Crippen LogP contribution in [0.5, 0.6) is 0 Å². The van der Waals surface area contributed by atoms with Crippen molar-refractivity contribution in [2.45, 2.75) is 12.3 Å². The van der Waals surface area contributed by atoms with Gasteiger partial charge in [-0.3, -0.25) is 19.4 Å². The van der Waals surface area contributed by atoms with Crippen LogP contribution in [0.4, 0.5) is 0 Å². The molecule has 1 aromatic carbocycles. The summed E-state index contributed by atoms with van der Waals surface area (Å²) in [7, 11) is 0. The van der Waals surface area contributed by atoms with E-state index < -0.39 is 0 Å². The van der Waals surface area contributed by atoms with E-state index in [9.17, 15) is 9.59 Å². The van der Waals surface area contributed by atoms with Gasteiger partial charge in [-0.15, -0.1) is 0 Å².